The first-order valence-electron chi connectivity index (χ1n) is 6.60. The summed E-state index contributed by atoms with van der Waals surface area (Å²) < 4.78 is 13.4. The van der Waals surface area contributed by atoms with Crippen molar-refractivity contribution in [2.75, 3.05) is 25.4 Å². The Morgan fingerprint density at radius 1 is 1.20 bits per heavy atom. The van der Waals surface area contributed by atoms with Gasteiger partial charge in [0.2, 0.25) is 11.8 Å². The number of carbonyl (C=O) groups is 2. The van der Waals surface area contributed by atoms with E-state index in [1.165, 1.54) is 17.0 Å². The number of anilines is 1. The van der Waals surface area contributed by atoms with E-state index in [4.69, 9.17) is 5.73 Å². The van der Waals surface area contributed by atoms with Crippen LogP contribution in [-0.2, 0) is 16.1 Å². The average molecular weight is 279 g/mol. The Labute approximate surface area is 117 Å². The number of nitrogen functional groups attached to an aromatic ring is 1. The molecule has 1 saturated heterocycles. The van der Waals surface area contributed by atoms with Crippen LogP contribution in [0.5, 0.6) is 0 Å². The van der Waals surface area contributed by atoms with E-state index < -0.39 is 5.82 Å². The summed E-state index contributed by atoms with van der Waals surface area (Å²) in [5.41, 5.74) is 6.11. The molecular formula is C14H18FN3O2. The lowest BCUT2D eigenvalue weighted by Gasteiger charge is -2.33. The maximum atomic E-state index is 13.4. The largest absolute Gasteiger partial charge is 0.396 e. The molecule has 0 radical (unpaired) electrons. The number of hydrogen-bond acceptors (Lipinski definition) is 3. The lowest BCUT2D eigenvalue weighted by molar-refractivity contribution is -0.150. The van der Waals surface area contributed by atoms with E-state index in [0.717, 1.165) is 6.42 Å². The lowest BCUT2D eigenvalue weighted by Crippen LogP contribution is -2.53. The zero-order valence-electron chi connectivity index (χ0n) is 11.4. The Bertz CT molecular complexity index is 533. The molecule has 20 heavy (non-hydrogen) atoms. The fraction of sp³-hybridized carbons (Fsp3) is 0.429. The molecule has 2 N–H and O–H groups in total. The molecule has 2 amide bonds. The van der Waals surface area contributed by atoms with Gasteiger partial charge < -0.3 is 15.5 Å². The predicted molar refractivity (Wildman–Crippen MR) is 73.1 cm³/mol. The SMILES string of the molecule is CCCN1CC(=O)N(Cc2ccc(N)c(F)c2)CC1=O. The molecule has 108 valence electrons. The molecule has 0 atom stereocenters. The van der Waals surface area contributed by atoms with Crippen molar-refractivity contribution in [2.45, 2.75) is 19.9 Å². The molecule has 0 bridgehead atoms. The first-order valence-corrected chi connectivity index (χ1v) is 6.60. The maximum absolute atomic E-state index is 13.4. The highest BCUT2D eigenvalue weighted by Crippen LogP contribution is 2.15. The van der Waals surface area contributed by atoms with Crippen LogP contribution in [0, 0.1) is 5.82 Å². The average Bonchev–Trinajstić information content (AvgIpc) is 2.40. The first-order chi connectivity index (χ1) is 9.51. The predicted octanol–water partition coefficient (Wildman–Crippen LogP) is 0.989. The van der Waals surface area contributed by atoms with Gasteiger partial charge in [-0.3, -0.25) is 9.59 Å². The van der Waals surface area contributed by atoms with E-state index in [0.29, 0.717) is 12.1 Å². The fourth-order valence-corrected chi connectivity index (χ4v) is 2.21. The van der Waals surface area contributed by atoms with Crippen molar-refractivity contribution in [1.29, 1.82) is 0 Å². The lowest BCUT2D eigenvalue weighted by atomic mass is 10.1. The van der Waals surface area contributed by atoms with Crippen molar-refractivity contribution >= 4 is 17.5 Å². The van der Waals surface area contributed by atoms with Gasteiger partial charge in [0.15, 0.2) is 0 Å². The Kier molecular flexibility index (Phi) is 4.22. The van der Waals surface area contributed by atoms with Crippen molar-refractivity contribution in [2.24, 2.45) is 0 Å². The summed E-state index contributed by atoms with van der Waals surface area (Å²) >= 11 is 0. The minimum absolute atomic E-state index is 0.0465. The summed E-state index contributed by atoms with van der Waals surface area (Å²) in [5.74, 6) is -0.691. The standard InChI is InChI=1S/C14H18FN3O2/c1-2-5-17-8-14(20)18(9-13(17)19)7-10-3-4-12(16)11(15)6-10/h3-4,6H,2,5,7-9,16H2,1H3. The summed E-state index contributed by atoms with van der Waals surface area (Å²) in [6, 6.07) is 4.42. The normalized spacial score (nSPS) is 15.9. The third-order valence-electron chi connectivity index (χ3n) is 3.29. The third kappa shape index (κ3) is 3.07. The summed E-state index contributed by atoms with van der Waals surface area (Å²) in [7, 11) is 0. The van der Waals surface area contributed by atoms with Gasteiger partial charge in [0.1, 0.15) is 12.4 Å². The second kappa shape index (κ2) is 5.90. The second-order valence-corrected chi connectivity index (χ2v) is 4.92. The minimum atomic E-state index is -0.508. The van der Waals surface area contributed by atoms with Gasteiger partial charge in [-0.2, -0.15) is 0 Å². The molecule has 1 heterocycles. The fourth-order valence-electron chi connectivity index (χ4n) is 2.21. The Morgan fingerprint density at radius 2 is 1.85 bits per heavy atom. The number of hydrogen-bond donors (Lipinski definition) is 1. The number of nitrogens with zero attached hydrogens (tertiary/aromatic N) is 2. The smallest absolute Gasteiger partial charge is 0.242 e. The molecule has 0 unspecified atom stereocenters. The van der Waals surface area contributed by atoms with Crippen molar-refractivity contribution in [3.8, 4) is 0 Å². The second-order valence-electron chi connectivity index (χ2n) is 4.92. The first kappa shape index (κ1) is 14.3. The minimum Gasteiger partial charge on any atom is -0.396 e. The Hall–Kier alpha value is -2.11. The zero-order chi connectivity index (χ0) is 14.7. The molecule has 0 saturated carbocycles. The quantitative estimate of drug-likeness (QED) is 0.836. The van der Waals surface area contributed by atoms with Crippen LogP contribution >= 0.6 is 0 Å². The van der Waals surface area contributed by atoms with Crippen LogP contribution in [0.25, 0.3) is 0 Å². The molecule has 1 aliphatic heterocycles. The van der Waals surface area contributed by atoms with Gasteiger partial charge in [-0.25, -0.2) is 4.39 Å². The van der Waals surface area contributed by atoms with E-state index in [9.17, 15) is 14.0 Å². The molecule has 0 spiro atoms. The molecule has 6 heteroatoms. The van der Waals surface area contributed by atoms with Gasteiger partial charge in [0.05, 0.1) is 12.2 Å². The molecule has 0 aliphatic carbocycles. The highest BCUT2D eigenvalue weighted by Gasteiger charge is 2.29. The number of piperazine rings is 1. The number of carbonyl (C=O) groups excluding carboxylic acids is 2. The monoisotopic (exact) mass is 279 g/mol. The molecule has 2 rings (SSSR count). The van der Waals surface area contributed by atoms with Crippen molar-refractivity contribution in [1.82, 2.24) is 9.80 Å². The van der Waals surface area contributed by atoms with Gasteiger partial charge >= 0.3 is 0 Å². The van der Waals surface area contributed by atoms with Crippen molar-refractivity contribution in [3.05, 3.63) is 29.6 Å². The van der Waals surface area contributed by atoms with Crippen LogP contribution in [0.15, 0.2) is 18.2 Å². The molecule has 1 aromatic rings. The van der Waals surface area contributed by atoms with Crippen LogP contribution in [0.4, 0.5) is 10.1 Å². The molecule has 5 nitrogen and oxygen atoms in total. The van der Waals surface area contributed by atoms with Crippen LogP contribution in [0.2, 0.25) is 0 Å². The van der Waals surface area contributed by atoms with Crippen molar-refractivity contribution in [3.63, 3.8) is 0 Å². The van der Waals surface area contributed by atoms with Crippen LogP contribution in [0.3, 0.4) is 0 Å². The summed E-state index contributed by atoms with van der Waals surface area (Å²) in [6.07, 6.45) is 0.822. The molecule has 1 aromatic carbocycles. The van der Waals surface area contributed by atoms with Crippen molar-refractivity contribution < 1.29 is 14.0 Å². The highest BCUT2D eigenvalue weighted by molar-refractivity contribution is 5.92. The van der Waals surface area contributed by atoms with Crippen LogP contribution < -0.4 is 5.73 Å². The van der Waals surface area contributed by atoms with E-state index in [2.05, 4.69) is 0 Å². The molecule has 1 aliphatic rings. The topological polar surface area (TPSA) is 66.6 Å². The van der Waals surface area contributed by atoms with Gasteiger partial charge in [-0.1, -0.05) is 13.0 Å². The van der Waals surface area contributed by atoms with E-state index >= 15 is 0 Å². The highest BCUT2D eigenvalue weighted by atomic mass is 19.1. The van der Waals surface area contributed by atoms with Gasteiger partial charge in [0.25, 0.3) is 0 Å². The number of nitrogens with two attached hydrogens (primary N) is 1. The van der Waals surface area contributed by atoms with Crippen LogP contribution in [-0.4, -0.2) is 41.2 Å². The van der Waals surface area contributed by atoms with E-state index in [1.807, 2.05) is 6.92 Å². The van der Waals surface area contributed by atoms with Gasteiger partial charge in [-0.15, -0.1) is 0 Å². The number of rotatable bonds is 4. The number of amides is 2. The number of halogens is 1. The van der Waals surface area contributed by atoms with E-state index in [-0.39, 0.29) is 37.1 Å². The van der Waals surface area contributed by atoms with E-state index in [1.54, 1.807) is 11.0 Å². The van der Waals surface area contributed by atoms with Gasteiger partial charge in [-0.05, 0) is 24.1 Å². The Morgan fingerprint density at radius 3 is 2.50 bits per heavy atom. The maximum Gasteiger partial charge on any atom is 0.242 e. The zero-order valence-corrected chi connectivity index (χ0v) is 11.4. The van der Waals surface area contributed by atoms with Crippen LogP contribution in [0.1, 0.15) is 18.9 Å². The summed E-state index contributed by atoms with van der Waals surface area (Å²) in [4.78, 5) is 26.9. The third-order valence-corrected chi connectivity index (χ3v) is 3.29. The number of benzene rings is 1. The summed E-state index contributed by atoms with van der Waals surface area (Å²) in [5, 5.41) is 0. The van der Waals surface area contributed by atoms with Gasteiger partial charge in [0, 0.05) is 13.1 Å². The molecule has 1 fully saturated rings. The Balaban J connectivity index is 2.05. The molecular weight excluding hydrogens is 261 g/mol. The summed E-state index contributed by atoms with van der Waals surface area (Å²) in [6.45, 7) is 2.92. The molecule has 0 aromatic heterocycles.